The molecule has 2 heterocycles. The Morgan fingerprint density at radius 1 is 1.14 bits per heavy atom. The van der Waals surface area contributed by atoms with Crippen LogP contribution in [-0.2, 0) is 6.42 Å². The summed E-state index contributed by atoms with van der Waals surface area (Å²) in [4.78, 5) is 29.4. The summed E-state index contributed by atoms with van der Waals surface area (Å²) >= 11 is 1.67. The molecule has 2 atom stereocenters. The average Bonchev–Trinajstić information content (AvgIpc) is 3.33. The zero-order valence-corrected chi connectivity index (χ0v) is 18.4. The summed E-state index contributed by atoms with van der Waals surface area (Å²) in [6, 6.07) is 12.2. The smallest absolute Gasteiger partial charge is 0.195 e. The summed E-state index contributed by atoms with van der Waals surface area (Å²) in [5.41, 5.74) is 5.03. The molecule has 0 spiro atoms. The summed E-state index contributed by atoms with van der Waals surface area (Å²) in [6.45, 7) is 9.22. The van der Waals surface area contributed by atoms with Crippen LogP contribution >= 0.6 is 11.3 Å². The average molecular weight is 409 g/mol. The number of aryl methyl sites for hydroxylation is 2. The quantitative estimate of drug-likeness (QED) is 0.490. The molecular formula is C24H28N2O2S. The van der Waals surface area contributed by atoms with E-state index in [9.17, 15) is 9.59 Å². The van der Waals surface area contributed by atoms with Gasteiger partial charge >= 0.3 is 0 Å². The number of hydrogen-bond donors (Lipinski definition) is 2. The molecule has 3 rings (SSSR count). The monoisotopic (exact) mass is 408 g/mol. The van der Waals surface area contributed by atoms with Crippen molar-refractivity contribution < 1.29 is 9.59 Å². The van der Waals surface area contributed by atoms with E-state index < -0.39 is 6.04 Å². The van der Waals surface area contributed by atoms with Gasteiger partial charge in [-0.25, -0.2) is 0 Å². The van der Waals surface area contributed by atoms with Gasteiger partial charge in [-0.1, -0.05) is 37.3 Å². The molecule has 5 heteroatoms. The molecule has 0 unspecified atom stereocenters. The zero-order valence-electron chi connectivity index (χ0n) is 17.6. The maximum absolute atomic E-state index is 13.2. The second-order valence-electron chi connectivity index (χ2n) is 7.48. The fourth-order valence-electron chi connectivity index (χ4n) is 3.81. The van der Waals surface area contributed by atoms with Crippen LogP contribution in [-0.4, -0.2) is 22.6 Å². The Labute approximate surface area is 176 Å². The van der Waals surface area contributed by atoms with Crippen molar-refractivity contribution in [3.05, 3.63) is 80.3 Å². The topological polar surface area (TPSA) is 62.0 Å². The third kappa shape index (κ3) is 4.41. The molecule has 2 N–H and O–H groups in total. The minimum atomic E-state index is -0.412. The Bertz CT molecular complexity index is 1000. The van der Waals surface area contributed by atoms with E-state index in [-0.39, 0.29) is 17.6 Å². The summed E-state index contributed by atoms with van der Waals surface area (Å²) in [5, 5.41) is 5.56. The molecule has 0 saturated carbocycles. The van der Waals surface area contributed by atoms with Gasteiger partial charge < -0.3 is 4.98 Å². The van der Waals surface area contributed by atoms with Crippen molar-refractivity contribution in [2.75, 3.05) is 0 Å². The predicted molar refractivity (Wildman–Crippen MR) is 119 cm³/mol. The number of carbonyl (C=O) groups excluding carboxylic acids is 2. The van der Waals surface area contributed by atoms with Crippen LogP contribution in [0.4, 0.5) is 0 Å². The molecule has 4 nitrogen and oxygen atoms in total. The molecule has 0 aliphatic heterocycles. The molecule has 0 aliphatic carbocycles. The molecule has 0 saturated heterocycles. The van der Waals surface area contributed by atoms with Gasteiger partial charge in [-0.05, 0) is 62.3 Å². The number of thiophene rings is 1. The van der Waals surface area contributed by atoms with Crippen molar-refractivity contribution in [2.24, 2.45) is 0 Å². The van der Waals surface area contributed by atoms with E-state index in [0.29, 0.717) is 11.3 Å². The highest BCUT2D eigenvalue weighted by atomic mass is 32.1. The van der Waals surface area contributed by atoms with Crippen LogP contribution in [0.3, 0.4) is 0 Å². The molecule has 0 aliphatic rings. The highest BCUT2D eigenvalue weighted by molar-refractivity contribution is 7.10. The van der Waals surface area contributed by atoms with Crippen molar-refractivity contribution in [3.63, 3.8) is 0 Å². The molecule has 2 aromatic heterocycles. The standard InChI is InChI=1S/C24H28N2O2S/c1-6-18-9-11-19(12-10-18)23(20-8-7-13-29-20)26-16(4)24(28)22-14(2)21(17(5)27)15(3)25-22/h7-13,16,23,25-26H,6H2,1-5H3/t16-,23+/m0/s1. The van der Waals surface area contributed by atoms with E-state index in [1.54, 1.807) is 11.3 Å². The molecular weight excluding hydrogens is 380 g/mol. The van der Waals surface area contributed by atoms with Crippen molar-refractivity contribution in [2.45, 2.75) is 53.1 Å². The lowest BCUT2D eigenvalue weighted by atomic mass is 9.99. The normalized spacial score (nSPS) is 13.3. The largest absolute Gasteiger partial charge is 0.355 e. The molecule has 1 aromatic carbocycles. The minimum absolute atomic E-state index is 0.0246. The molecule has 0 bridgehead atoms. The van der Waals surface area contributed by atoms with Crippen molar-refractivity contribution in [3.8, 4) is 0 Å². The number of carbonyl (C=O) groups is 2. The summed E-state index contributed by atoms with van der Waals surface area (Å²) < 4.78 is 0. The van der Waals surface area contributed by atoms with Gasteiger partial charge in [0.25, 0.3) is 0 Å². The Morgan fingerprint density at radius 2 is 1.83 bits per heavy atom. The number of Topliss-reactive ketones (excluding diaryl/α,β-unsaturated/α-hetero) is 2. The maximum atomic E-state index is 13.2. The van der Waals surface area contributed by atoms with Gasteiger partial charge in [0.1, 0.15) is 0 Å². The first kappa shape index (κ1) is 21.2. The Balaban J connectivity index is 1.89. The van der Waals surface area contributed by atoms with Crippen LogP contribution in [0.2, 0.25) is 0 Å². The Morgan fingerprint density at radius 3 is 2.34 bits per heavy atom. The van der Waals surface area contributed by atoms with Crippen LogP contribution in [0.1, 0.15) is 74.9 Å². The van der Waals surface area contributed by atoms with E-state index in [1.807, 2.05) is 26.8 Å². The number of aromatic amines is 1. The molecule has 152 valence electrons. The predicted octanol–water partition coefficient (Wildman–Crippen LogP) is 5.41. The van der Waals surface area contributed by atoms with Gasteiger partial charge in [-0.2, -0.15) is 0 Å². The third-order valence-corrected chi connectivity index (χ3v) is 6.33. The number of ketones is 2. The lowest BCUT2D eigenvalue weighted by Gasteiger charge is -2.22. The number of benzene rings is 1. The summed E-state index contributed by atoms with van der Waals surface area (Å²) in [7, 11) is 0. The van der Waals surface area contributed by atoms with Gasteiger partial charge in [0.2, 0.25) is 0 Å². The first-order valence-corrected chi connectivity index (χ1v) is 10.8. The van der Waals surface area contributed by atoms with Gasteiger partial charge in [0, 0.05) is 16.1 Å². The fraction of sp³-hybridized carbons (Fsp3) is 0.333. The molecule has 0 fully saturated rings. The number of nitrogens with one attached hydrogen (secondary N) is 2. The summed E-state index contributed by atoms with van der Waals surface area (Å²) in [5.74, 6) is -0.0618. The number of rotatable bonds is 8. The van der Waals surface area contributed by atoms with Crippen LogP contribution in [0.5, 0.6) is 0 Å². The number of H-pyrrole nitrogens is 1. The van der Waals surface area contributed by atoms with Crippen LogP contribution in [0, 0.1) is 13.8 Å². The van der Waals surface area contributed by atoms with Crippen molar-refractivity contribution in [1.29, 1.82) is 0 Å². The van der Waals surface area contributed by atoms with E-state index in [0.717, 1.165) is 28.1 Å². The minimum Gasteiger partial charge on any atom is -0.355 e. The van der Waals surface area contributed by atoms with Crippen LogP contribution < -0.4 is 5.32 Å². The SMILES string of the molecule is CCc1ccc([C@@H](N[C@@H](C)C(=O)c2[nH]c(C)c(C(C)=O)c2C)c2cccs2)cc1. The van der Waals surface area contributed by atoms with Gasteiger partial charge in [0.05, 0.1) is 17.8 Å². The van der Waals surface area contributed by atoms with Gasteiger partial charge in [-0.3, -0.25) is 14.9 Å². The Hall–Kier alpha value is -2.50. The fourth-order valence-corrected chi connectivity index (χ4v) is 4.62. The molecule has 29 heavy (non-hydrogen) atoms. The second-order valence-corrected chi connectivity index (χ2v) is 8.46. The van der Waals surface area contributed by atoms with E-state index in [4.69, 9.17) is 0 Å². The number of aromatic nitrogens is 1. The molecule has 3 aromatic rings. The van der Waals surface area contributed by atoms with Crippen LogP contribution in [0.25, 0.3) is 0 Å². The summed E-state index contributed by atoms with van der Waals surface area (Å²) in [6.07, 6.45) is 0.996. The highest BCUT2D eigenvalue weighted by Gasteiger charge is 2.26. The van der Waals surface area contributed by atoms with E-state index in [1.165, 1.54) is 12.5 Å². The van der Waals surface area contributed by atoms with E-state index >= 15 is 0 Å². The number of hydrogen-bond acceptors (Lipinski definition) is 4. The maximum Gasteiger partial charge on any atom is 0.195 e. The lowest BCUT2D eigenvalue weighted by Crippen LogP contribution is -2.37. The van der Waals surface area contributed by atoms with Gasteiger partial charge in [0.15, 0.2) is 11.6 Å². The second kappa shape index (κ2) is 8.89. The molecule has 0 amide bonds. The van der Waals surface area contributed by atoms with Gasteiger partial charge in [-0.15, -0.1) is 11.3 Å². The Kier molecular flexibility index (Phi) is 6.50. The van der Waals surface area contributed by atoms with Crippen LogP contribution in [0.15, 0.2) is 41.8 Å². The zero-order chi connectivity index (χ0) is 21.1. The van der Waals surface area contributed by atoms with E-state index in [2.05, 4.69) is 52.9 Å². The van der Waals surface area contributed by atoms with Crippen molar-refractivity contribution in [1.82, 2.24) is 10.3 Å². The lowest BCUT2D eigenvalue weighted by molar-refractivity contribution is 0.0942. The third-order valence-electron chi connectivity index (χ3n) is 5.39. The highest BCUT2D eigenvalue weighted by Crippen LogP contribution is 2.28. The molecule has 0 radical (unpaired) electrons. The van der Waals surface area contributed by atoms with Crippen molar-refractivity contribution >= 4 is 22.9 Å². The first-order chi connectivity index (χ1) is 13.8. The first-order valence-electron chi connectivity index (χ1n) is 9.96.